The number of nitrogens with one attached hydrogen (secondary N) is 2. The van der Waals surface area contributed by atoms with Gasteiger partial charge in [-0.15, -0.1) is 0 Å². The van der Waals surface area contributed by atoms with E-state index in [-0.39, 0.29) is 28.5 Å². The number of sulfonamides is 1. The van der Waals surface area contributed by atoms with Crippen LogP contribution in [0, 0.1) is 23.0 Å². The lowest BCUT2D eigenvalue weighted by Crippen LogP contribution is -2.46. The topological polar surface area (TPSA) is 174 Å². The van der Waals surface area contributed by atoms with Crippen LogP contribution in [0.1, 0.15) is 31.4 Å². The molecule has 41 heavy (non-hydrogen) atoms. The highest BCUT2D eigenvalue weighted by Crippen LogP contribution is 2.26. The lowest BCUT2D eigenvalue weighted by atomic mass is 10.0. The summed E-state index contributed by atoms with van der Waals surface area (Å²) in [6.07, 6.45) is 1.31. The second-order valence-corrected chi connectivity index (χ2v) is 13.5. The van der Waals surface area contributed by atoms with Gasteiger partial charge in [0.05, 0.1) is 16.0 Å². The van der Waals surface area contributed by atoms with Crippen LogP contribution in [0.15, 0.2) is 86.1 Å². The molecule has 0 bridgehead atoms. The Morgan fingerprint density at radius 2 is 1.73 bits per heavy atom. The smallest absolute Gasteiger partial charge is 0.339 e. The van der Waals surface area contributed by atoms with Crippen LogP contribution in [-0.4, -0.2) is 39.9 Å². The fourth-order valence-corrected chi connectivity index (χ4v) is 6.09. The average molecular weight is 668 g/mol. The minimum absolute atomic E-state index is 0.00837. The van der Waals surface area contributed by atoms with Crippen LogP contribution in [0.5, 0.6) is 5.75 Å². The van der Waals surface area contributed by atoms with E-state index in [1.807, 2.05) is 20.8 Å². The molecule has 0 spiro atoms. The molecule has 3 aromatic carbocycles. The zero-order valence-corrected chi connectivity index (χ0v) is 25.4. The molecule has 0 heterocycles. The first-order valence-electron chi connectivity index (χ1n) is 12.1. The maximum atomic E-state index is 12.9. The largest absolute Gasteiger partial charge is 0.378 e. The molecule has 12 nitrogen and oxygen atoms in total. The van der Waals surface area contributed by atoms with E-state index in [1.54, 1.807) is 12.1 Å². The van der Waals surface area contributed by atoms with Crippen molar-refractivity contribution < 1.29 is 30.7 Å². The van der Waals surface area contributed by atoms with Gasteiger partial charge in [0.25, 0.3) is 11.6 Å². The van der Waals surface area contributed by atoms with Gasteiger partial charge >= 0.3 is 10.1 Å². The van der Waals surface area contributed by atoms with Gasteiger partial charge in [0, 0.05) is 22.2 Å². The molecule has 0 saturated heterocycles. The highest BCUT2D eigenvalue weighted by Gasteiger charge is 2.27. The predicted octanol–water partition coefficient (Wildman–Crippen LogP) is 4.28. The van der Waals surface area contributed by atoms with Gasteiger partial charge in [-0.2, -0.15) is 18.2 Å². The number of benzene rings is 3. The van der Waals surface area contributed by atoms with Crippen molar-refractivity contribution in [1.29, 1.82) is 0 Å². The summed E-state index contributed by atoms with van der Waals surface area (Å²) in [6.45, 7) is 5.48. The SMILES string of the molecule is Cc1ccc(S(=O)(=O)N[C@H](CC(C)C)C(=O)N/N=C\c2cc(Br)ccc2OS(=O)(=O)c2cccc([N+](=O)[O-])c2)cc1. The lowest BCUT2D eigenvalue weighted by Gasteiger charge is -2.19. The Hall–Kier alpha value is -3.66. The molecular formula is C26H27BrN4O8S2. The molecule has 3 rings (SSSR count). The van der Waals surface area contributed by atoms with E-state index in [0.29, 0.717) is 4.47 Å². The Labute approximate surface area is 246 Å². The number of rotatable bonds is 12. The summed E-state index contributed by atoms with van der Waals surface area (Å²) >= 11 is 3.27. The summed E-state index contributed by atoms with van der Waals surface area (Å²) < 4.78 is 59.6. The van der Waals surface area contributed by atoms with Crippen LogP contribution in [0.4, 0.5) is 5.69 Å². The van der Waals surface area contributed by atoms with E-state index in [1.165, 1.54) is 36.4 Å². The van der Waals surface area contributed by atoms with Crippen LogP contribution < -0.4 is 14.3 Å². The predicted molar refractivity (Wildman–Crippen MR) is 156 cm³/mol. The number of nitrogens with zero attached hydrogens (tertiary/aromatic N) is 2. The van der Waals surface area contributed by atoms with Crippen LogP contribution in [-0.2, 0) is 24.9 Å². The molecule has 2 N–H and O–H groups in total. The van der Waals surface area contributed by atoms with Crippen molar-refractivity contribution in [2.45, 2.75) is 43.0 Å². The van der Waals surface area contributed by atoms with Crippen molar-refractivity contribution in [2.24, 2.45) is 11.0 Å². The Morgan fingerprint density at radius 1 is 1.05 bits per heavy atom. The van der Waals surface area contributed by atoms with Gasteiger partial charge < -0.3 is 4.18 Å². The summed E-state index contributed by atoms with van der Waals surface area (Å²) in [6, 6.07) is 13.7. The Kier molecular flexibility index (Phi) is 10.4. The highest BCUT2D eigenvalue weighted by atomic mass is 79.9. The van der Waals surface area contributed by atoms with Crippen molar-refractivity contribution in [1.82, 2.24) is 10.1 Å². The summed E-state index contributed by atoms with van der Waals surface area (Å²) in [7, 11) is -8.48. The first-order chi connectivity index (χ1) is 19.2. The van der Waals surface area contributed by atoms with Gasteiger partial charge in [-0.05, 0) is 55.7 Å². The molecule has 0 aliphatic carbocycles. The van der Waals surface area contributed by atoms with Gasteiger partial charge in [0.15, 0.2) is 5.75 Å². The number of hydrazone groups is 1. The normalized spacial score (nSPS) is 12.8. The van der Waals surface area contributed by atoms with Gasteiger partial charge in [-0.3, -0.25) is 14.9 Å². The fourth-order valence-electron chi connectivity index (χ4n) is 3.51. The van der Waals surface area contributed by atoms with Crippen molar-refractivity contribution in [3.05, 3.63) is 92.4 Å². The highest BCUT2D eigenvalue weighted by molar-refractivity contribution is 9.10. The maximum absolute atomic E-state index is 12.9. The number of non-ortho nitro benzene ring substituents is 1. The third kappa shape index (κ3) is 8.91. The number of carbonyl (C=O) groups excluding carboxylic acids is 1. The van der Waals surface area contributed by atoms with Crippen molar-refractivity contribution in [3.63, 3.8) is 0 Å². The van der Waals surface area contributed by atoms with Gasteiger partial charge in [0.2, 0.25) is 10.0 Å². The number of hydrogen-bond donors (Lipinski definition) is 2. The van der Waals surface area contributed by atoms with E-state index in [0.717, 1.165) is 30.0 Å². The second-order valence-electron chi connectivity index (χ2n) is 9.32. The van der Waals surface area contributed by atoms with Crippen LogP contribution in [0.25, 0.3) is 0 Å². The second kappa shape index (κ2) is 13.3. The van der Waals surface area contributed by atoms with Crippen LogP contribution in [0.2, 0.25) is 0 Å². The number of aryl methyl sites for hydroxylation is 1. The van der Waals surface area contributed by atoms with E-state index in [4.69, 9.17) is 4.18 Å². The van der Waals surface area contributed by atoms with Crippen LogP contribution >= 0.6 is 15.9 Å². The van der Waals surface area contributed by atoms with Crippen molar-refractivity contribution in [2.75, 3.05) is 0 Å². The van der Waals surface area contributed by atoms with Crippen LogP contribution in [0.3, 0.4) is 0 Å². The van der Waals surface area contributed by atoms with E-state index in [2.05, 4.69) is 31.2 Å². The van der Waals surface area contributed by atoms with E-state index >= 15 is 0 Å². The molecule has 0 saturated carbocycles. The minimum Gasteiger partial charge on any atom is -0.378 e. The first-order valence-corrected chi connectivity index (χ1v) is 15.8. The standard InChI is InChI=1S/C26H27BrN4O8S2/c1-17(2)13-24(30-40(35,36)22-10-7-18(3)8-11-22)26(32)29-28-16-19-14-20(27)9-12-25(19)39-41(37,38)23-6-4-5-21(15-23)31(33)34/h4-12,14-17,24,30H,13H2,1-3H3,(H,29,32)/b28-16-/t24-/m1/s1. The molecule has 1 amide bonds. The van der Waals surface area contributed by atoms with Crippen molar-refractivity contribution >= 4 is 53.9 Å². The zero-order chi connectivity index (χ0) is 30.4. The number of nitro groups is 1. The fraction of sp³-hybridized carbons (Fsp3) is 0.231. The molecular weight excluding hydrogens is 640 g/mol. The average Bonchev–Trinajstić information content (AvgIpc) is 2.89. The number of amides is 1. The minimum atomic E-state index is -4.47. The quantitative estimate of drug-likeness (QED) is 0.125. The van der Waals surface area contributed by atoms with E-state index < -0.39 is 47.6 Å². The molecule has 15 heteroatoms. The molecule has 0 unspecified atom stereocenters. The molecule has 0 radical (unpaired) electrons. The monoisotopic (exact) mass is 666 g/mol. The summed E-state index contributed by atoms with van der Waals surface area (Å²) in [5.41, 5.74) is 2.87. The Bertz CT molecular complexity index is 1680. The maximum Gasteiger partial charge on any atom is 0.339 e. The van der Waals surface area contributed by atoms with Gasteiger partial charge in [0.1, 0.15) is 10.9 Å². The van der Waals surface area contributed by atoms with E-state index in [9.17, 15) is 31.7 Å². The molecule has 0 aliphatic heterocycles. The van der Waals surface area contributed by atoms with Gasteiger partial charge in [-0.1, -0.05) is 53.5 Å². The van der Waals surface area contributed by atoms with Crippen molar-refractivity contribution in [3.8, 4) is 5.75 Å². The zero-order valence-electron chi connectivity index (χ0n) is 22.1. The first kappa shape index (κ1) is 31.9. The molecule has 218 valence electrons. The molecule has 3 aromatic rings. The Balaban J connectivity index is 1.81. The third-order valence-corrected chi connectivity index (χ3v) is 8.73. The van der Waals surface area contributed by atoms with Gasteiger partial charge in [-0.25, -0.2) is 13.8 Å². The number of hydrogen-bond acceptors (Lipinski definition) is 9. The third-order valence-electron chi connectivity index (χ3n) is 5.52. The molecule has 0 fully saturated rings. The molecule has 0 aromatic heterocycles. The number of carbonyl (C=O) groups is 1. The lowest BCUT2D eigenvalue weighted by molar-refractivity contribution is -0.385. The Morgan fingerprint density at radius 3 is 2.37 bits per heavy atom. The summed E-state index contributed by atoms with van der Waals surface area (Å²) in [5, 5.41) is 14.9. The molecule has 1 atom stereocenters. The molecule has 0 aliphatic rings. The number of halogens is 1. The summed E-state index contributed by atoms with van der Waals surface area (Å²) in [5.74, 6) is -0.941. The number of nitro benzene ring substituents is 1. The summed E-state index contributed by atoms with van der Waals surface area (Å²) in [4.78, 5) is 22.8.